The standard InChI is InChI=1S/C24H18NO8/c1-30-17-7-6-14(20(12-17)31-2)11-22-23(26)19-9-8-18(13-21(19)33-22)32-24(27)15-4-3-5-16(10-15)25(28)29/h3-13,28H,1-2H3/q-1. The van der Waals surface area contributed by atoms with Crippen molar-refractivity contribution in [1.82, 2.24) is 0 Å². The van der Waals surface area contributed by atoms with E-state index in [1.807, 2.05) is 0 Å². The lowest BCUT2D eigenvalue weighted by Crippen LogP contribution is -2.11. The Labute approximate surface area is 188 Å². The van der Waals surface area contributed by atoms with Crippen molar-refractivity contribution in [2.24, 2.45) is 0 Å². The number of hydrogen-bond acceptors (Lipinski definition) is 9. The number of methoxy groups -OCH3 is 2. The van der Waals surface area contributed by atoms with Crippen LogP contribution in [0.5, 0.6) is 23.0 Å². The van der Waals surface area contributed by atoms with Gasteiger partial charge in [-0.15, -0.1) is 0 Å². The smallest absolute Gasteiger partial charge is 0.343 e. The number of rotatable bonds is 6. The Morgan fingerprint density at radius 2 is 1.82 bits per heavy atom. The zero-order chi connectivity index (χ0) is 23.5. The molecule has 1 heterocycles. The van der Waals surface area contributed by atoms with Crippen molar-refractivity contribution in [3.63, 3.8) is 0 Å². The number of ether oxygens (including phenoxy) is 4. The van der Waals surface area contributed by atoms with Crippen molar-refractivity contribution in [2.45, 2.75) is 0 Å². The number of anilines is 1. The van der Waals surface area contributed by atoms with Gasteiger partial charge in [0.2, 0.25) is 5.78 Å². The molecule has 0 aliphatic carbocycles. The molecule has 9 heteroatoms. The molecular weight excluding hydrogens is 430 g/mol. The van der Waals surface area contributed by atoms with E-state index in [0.717, 1.165) is 0 Å². The molecule has 33 heavy (non-hydrogen) atoms. The van der Waals surface area contributed by atoms with E-state index in [1.165, 1.54) is 49.6 Å². The predicted molar refractivity (Wildman–Crippen MR) is 118 cm³/mol. The number of esters is 1. The second-order valence-corrected chi connectivity index (χ2v) is 6.92. The molecule has 1 aliphatic heterocycles. The summed E-state index contributed by atoms with van der Waals surface area (Å²) in [7, 11) is 3.05. The molecule has 0 unspecified atom stereocenters. The summed E-state index contributed by atoms with van der Waals surface area (Å²) in [6.07, 6.45) is 1.56. The second kappa shape index (κ2) is 9.03. The van der Waals surface area contributed by atoms with E-state index < -0.39 is 5.97 Å². The lowest BCUT2D eigenvalue weighted by Gasteiger charge is -2.21. The van der Waals surface area contributed by atoms with Gasteiger partial charge in [-0.25, -0.2) is 4.79 Å². The predicted octanol–water partition coefficient (Wildman–Crippen LogP) is 4.23. The maximum Gasteiger partial charge on any atom is 0.343 e. The number of carbonyl (C=O) groups excluding carboxylic acids is 2. The van der Waals surface area contributed by atoms with E-state index in [2.05, 4.69) is 0 Å². The van der Waals surface area contributed by atoms with Gasteiger partial charge in [-0.05, 0) is 48.5 Å². The van der Waals surface area contributed by atoms with E-state index in [1.54, 1.807) is 31.4 Å². The van der Waals surface area contributed by atoms with Crippen LogP contribution in [0.2, 0.25) is 0 Å². The molecule has 0 spiro atoms. The van der Waals surface area contributed by atoms with Gasteiger partial charge in [-0.2, -0.15) is 0 Å². The monoisotopic (exact) mass is 448 g/mol. The minimum absolute atomic E-state index is 0.0621. The van der Waals surface area contributed by atoms with Gasteiger partial charge in [-0.3, -0.25) is 10.0 Å². The lowest BCUT2D eigenvalue weighted by molar-refractivity contribution is 0.0734. The first kappa shape index (κ1) is 21.9. The van der Waals surface area contributed by atoms with Crippen LogP contribution in [0.15, 0.2) is 66.4 Å². The zero-order valence-electron chi connectivity index (χ0n) is 17.6. The van der Waals surface area contributed by atoms with E-state index in [-0.39, 0.29) is 39.5 Å². The Morgan fingerprint density at radius 3 is 2.55 bits per heavy atom. The summed E-state index contributed by atoms with van der Waals surface area (Å²) in [5.41, 5.74) is 0.887. The summed E-state index contributed by atoms with van der Waals surface area (Å²) < 4.78 is 21.6. The first-order chi connectivity index (χ1) is 15.9. The summed E-state index contributed by atoms with van der Waals surface area (Å²) in [6, 6.07) is 14.9. The zero-order valence-corrected chi connectivity index (χ0v) is 17.6. The first-order valence-electron chi connectivity index (χ1n) is 9.68. The molecule has 3 aromatic rings. The highest BCUT2D eigenvalue weighted by Crippen LogP contribution is 2.36. The Hall–Kier alpha value is -4.34. The van der Waals surface area contributed by atoms with Crippen molar-refractivity contribution in [2.75, 3.05) is 19.4 Å². The molecule has 3 aromatic carbocycles. The van der Waals surface area contributed by atoms with Crippen LogP contribution in [0, 0.1) is 5.21 Å². The molecule has 0 saturated carbocycles. The highest BCUT2D eigenvalue weighted by molar-refractivity contribution is 6.14. The van der Waals surface area contributed by atoms with Crippen molar-refractivity contribution in [1.29, 1.82) is 0 Å². The molecule has 0 amide bonds. The molecule has 168 valence electrons. The molecule has 9 nitrogen and oxygen atoms in total. The Bertz CT molecular complexity index is 1270. The molecule has 0 fully saturated rings. The van der Waals surface area contributed by atoms with Gasteiger partial charge in [0, 0.05) is 17.7 Å². The van der Waals surface area contributed by atoms with E-state index >= 15 is 0 Å². The maximum absolute atomic E-state index is 12.8. The number of allylic oxidation sites excluding steroid dienone is 1. The van der Waals surface area contributed by atoms with Crippen LogP contribution in [0.1, 0.15) is 26.3 Å². The highest BCUT2D eigenvalue weighted by atomic mass is 16.8. The van der Waals surface area contributed by atoms with E-state index in [0.29, 0.717) is 22.6 Å². The van der Waals surface area contributed by atoms with Gasteiger partial charge >= 0.3 is 5.97 Å². The minimum atomic E-state index is -0.748. The molecule has 0 atom stereocenters. The van der Waals surface area contributed by atoms with Gasteiger partial charge < -0.3 is 29.4 Å². The maximum atomic E-state index is 12.8. The van der Waals surface area contributed by atoms with Crippen molar-refractivity contribution in [3.8, 4) is 23.0 Å². The Morgan fingerprint density at radius 1 is 1.03 bits per heavy atom. The molecule has 0 radical (unpaired) electrons. The fourth-order valence-electron chi connectivity index (χ4n) is 3.23. The number of carbonyl (C=O) groups is 2. The fraction of sp³-hybridized carbons (Fsp3) is 0.0833. The molecule has 0 aromatic heterocycles. The summed E-state index contributed by atoms with van der Waals surface area (Å²) in [5, 5.41) is 19.7. The van der Waals surface area contributed by atoms with Gasteiger partial charge in [0.1, 0.15) is 23.0 Å². The summed E-state index contributed by atoms with van der Waals surface area (Å²) in [4.78, 5) is 25.2. The van der Waals surface area contributed by atoms with Crippen LogP contribution in [-0.4, -0.2) is 31.2 Å². The second-order valence-electron chi connectivity index (χ2n) is 6.92. The van der Waals surface area contributed by atoms with Crippen molar-refractivity contribution < 1.29 is 33.7 Å². The molecule has 0 saturated heterocycles. The number of Topliss-reactive ketones (excluding diaryl/α,β-unsaturated/α-hetero) is 1. The van der Waals surface area contributed by atoms with Gasteiger partial charge in [0.25, 0.3) is 0 Å². The third-order valence-corrected chi connectivity index (χ3v) is 4.88. The van der Waals surface area contributed by atoms with Crippen LogP contribution in [-0.2, 0) is 0 Å². The SMILES string of the molecule is COc1ccc(C=C2Oc3cc(OC(=O)c4cccc(N([O-])O)c4)ccc3C2=O)c(OC)c1. The van der Waals surface area contributed by atoms with Crippen LogP contribution in [0.3, 0.4) is 0 Å². The lowest BCUT2D eigenvalue weighted by atomic mass is 10.1. The Kier molecular flexibility index (Phi) is 5.99. The number of ketones is 1. The summed E-state index contributed by atoms with van der Waals surface area (Å²) in [6.45, 7) is 0. The molecule has 1 N–H and O–H groups in total. The summed E-state index contributed by atoms with van der Waals surface area (Å²) in [5.74, 6) is 0.499. The van der Waals surface area contributed by atoms with Gasteiger partial charge in [0.15, 0.2) is 5.76 Å². The quantitative estimate of drug-likeness (QED) is 0.256. The van der Waals surface area contributed by atoms with E-state index in [9.17, 15) is 14.8 Å². The highest BCUT2D eigenvalue weighted by Gasteiger charge is 2.28. The average molecular weight is 448 g/mol. The van der Waals surface area contributed by atoms with Crippen LogP contribution in [0.4, 0.5) is 5.69 Å². The largest absolute Gasteiger partial charge is 0.733 e. The number of nitrogens with zero attached hydrogens (tertiary/aromatic N) is 1. The summed E-state index contributed by atoms with van der Waals surface area (Å²) >= 11 is 0. The number of benzene rings is 3. The molecule has 0 bridgehead atoms. The Balaban J connectivity index is 1.55. The van der Waals surface area contributed by atoms with Crippen molar-refractivity contribution in [3.05, 3.63) is 88.3 Å². The third-order valence-electron chi connectivity index (χ3n) is 4.88. The number of hydrogen-bond donors (Lipinski definition) is 1. The topological polar surface area (TPSA) is 118 Å². The molecule has 1 aliphatic rings. The van der Waals surface area contributed by atoms with Crippen molar-refractivity contribution >= 4 is 23.5 Å². The average Bonchev–Trinajstić information content (AvgIpc) is 3.13. The molecule has 4 rings (SSSR count). The third kappa shape index (κ3) is 4.49. The normalized spacial score (nSPS) is 13.3. The van der Waals surface area contributed by atoms with Gasteiger partial charge in [-0.1, -0.05) is 6.07 Å². The number of fused-ring (bicyclic) bond motifs is 1. The minimum Gasteiger partial charge on any atom is -0.733 e. The molecular formula is C24H18NO8-. The van der Waals surface area contributed by atoms with Crippen LogP contribution in [0.25, 0.3) is 6.08 Å². The van der Waals surface area contributed by atoms with Crippen LogP contribution >= 0.6 is 0 Å². The van der Waals surface area contributed by atoms with Gasteiger partial charge in [0.05, 0.1) is 31.0 Å². The van der Waals surface area contributed by atoms with Crippen LogP contribution < -0.4 is 24.2 Å². The first-order valence-corrected chi connectivity index (χ1v) is 9.68. The fourth-order valence-corrected chi connectivity index (χ4v) is 3.23. The van der Waals surface area contributed by atoms with E-state index in [4.69, 9.17) is 24.2 Å².